The molecule has 0 amide bonds. The Balaban J connectivity index is -0.000000274. The molecule has 118 valence electrons. The van der Waals surface area contributed by atoms with E-state index in [1.54, 1.807) is 6.07 Å². The molecule has 1 aromatic rings. The summed E-state index contributed by atoms with van der Waals surface area (Å²) in [6, 6.07) is 7.25. The van der Waals surface area contributed by atoms with E-state index in [1.807, 2.05) is 25.1 Å². The molecular formula is C17H25Cl2OTi-. The van der Waals surface area contributed by atoms with Crippen molar-refractivity contribution in [2.24, 2.45) is 5.41 Å². The summed E-state index contributed by atoms with van der Waals surface area (Å²) in [6.45, 7) is 12.8. The molecule has 1 aliphatic rings. The molecule has 1 N–H and O–H groups in total. The average molecular weight is 364 g/mol. The van der Waals surface area contributed by atoms with Gasteiger partial charge in [0.05, 0.1) is 0 Å². The predicted molar refractivity (Wildman–Crippen MR) is 91.9 cm³/mol. The fourth-order valence-electron chi connectivity index (χ4n) is 1.97. The second-order valence-electron chi connectivity index (χ2n) is 5.41. The van der Waals surface area contributed by atoms with E-state index in [0.29, 0.717) is 5.75 Å². The number of phenolic OH excluding ortho intramolecular Hbond substituents is 1. The van der Waals surface area contributed by atoms with Crippen molar-refractivity contribution in [1.29, 1.82) is 0 Å². The number of allylic oxidation sites excluding steroid dienone is 4. The third-order valence-corrected chi connectivity index (χ3v) is 3.68. The SMILES string of the molecule is CC1=[C-]C(C)(C)C(C)=C1C.Cc1ccccc1O.Cl.Cl.[Ti]. The van der Waals surface area contributed by atoms with E-state index in [0.717, 1.165) is 5.56 Å². The van der Waals surface area contributed by atoms with Crippen LogP contribution in [-0.4, -0.2) is 5.11 Å². The number of hydrogen-bond donors (Lipinski definition) is 1. The Bertz CT molecular complexity index is 484. The van der Waals surface area contributed by atoms with Crippen LogP contribution in [0.1, 0.15) is 40.2 Å². The molecule has 1 aromatic carbocycles. The van der Waals surface area contributed by atoms with E-state index in [1.165, 1.54) is 16.7 Å². The van der Waals surface area contributed by atoms with E-state index >= 15 is 0 Å². The first kappa shape index (κ1) is 25.7. The van der Waals surface area contributed by atoms with Crippen molar-refractivity contribution in [1.82, 2.24) is 0 Å². The first-order valence-electron chi connectivity index (χ1n) is 6.30. The van der Waals surface area contributed by atoms with E-state index in [2.05, 4.69) is 40.7 Å². The van der Waals surface area contributed by atoms with Crippen LogP contribution in [0, 0.1) is 18.4 Å². The molecule has 0 unspecified atom stereocenters. The van der Waals surface area contributed by atoms with E-state index in [9.17, 15) is 0 Å². The van der Waals surface area contributed by atoms with Crippen LogP contribution in [0.4, 0.5) is 0 Å². The molecule has 4 heteroatoms. The Kier molecular flexibility index (Phi) is 12.9. The quantitative estimate of drug-likeness (QED) is 0.466. The zero-order valence-electron chi connectivity index (χ0n) is 13.6. The summed E-state index contributed by atoms with van der Waals surface area (Å²) in [5, 5.41) is 8.92. The molecule has 0 saturated carbocycles. The molecule has 0 radical (unpaired) electrons. The Morgan fingerprint density at radius 2 is 1.43 bits per heavy atom. The van der Waals surface area contributed by atoms with Gasteiger partial charge in [-0.05, 0) is 18.6 Å². The van der Waals surface area contributed by atoms with Crippen LogP contribution in [0.3, 0.4) is 0 Å². The molecule has 0 fully saturated rings. The molecule has 21 heavy (non-hydrogen) atoms. The summed E-state index contributed by atoms with van der Waals surface area (Å²) in [6.07, 6.45) is 3.44. The van der Waals surface area contributed by atoms with Gasteiger partial charge in [-0.1, -0.05) is 51.3 Å². The second-order valence-corrected chi connectivity index (χ2v) is 5.41. The minimum Gasteiger partial charge on any atom is -0.508 e. The summed E-state index contributed by atoms with van der Waals surface area (Å²) in [4.78, 5) is 0. The van der Waals surface area contributed by atoms with E-state index in [4.69, 9.17) is 5.11 Å². The van der Waals surface area contributed by atoms with Crippen molar-refractivity contribution in [2.75, 3.05) is 0 Å². The van der Waals surface area contributed by atoms with E-state index < -0.39 is 0 Å². The topological polar surface area (TPSA) is 20.2 Å². The van der Waals surface area contributed by atoms with E-state index in [-0.39, 0.29) is 51.9 Å². The van der Waals surface area contributed by atoms with Crippen LogP contribution in [0.25, 0.3) is 0 Å². The number of benzene rings is 1. The second kappa shape index (κ2) is 10.5. The van der Waals surface area contributed by atoms with Crippen molar-refractivity contribution >= 4 is 24.8 Å². The van der Waals surface area contributed by atoms with Gasteiger partial charge in [0.15, 0.2) is 0 Å². The number of hydrogen-bond acceptors (Lipinski definition) is 1. The van der Waals surface area contributed by atoms with Gasteiger partial charge >= 0.3 is 0 Å². The molecule has 0 aliphatic heterocycles. The fraction of sp³-hybridized carbons (Fsp3) is 0.412. The molecule has 0 bridgehead atoms. The maximum Gasteiger partial charge on any atom is 0.118 e. The minimum atomic E-state index is 0. The third-order valence-electron chi connectivity index (χ3n) is 3.68. The summed E-state index contributed by atoms with van der Waals surface area (Å²) in [5.74, 6) is 0.368. The maximum absolute atomic E-state index is 8.92. The van der Waals surface area contributed by atoms with Gasteiger partial charge in [-0.3, -0.25) is 6.08 Å². The smallest absolute Gasteiger partial charge is 0.118 e. The third kappa shape index (κ3) is 7.06. The van der Waals surface area contributed by atoms with Crippen molar-refractivity contribution in [3.05, 3.63) is 52.6 Å². The normalized spacial score (nSPS) is 14.7. The Labute approximate surface area is 156 Å². The van der Waals surface area contributed by atoms with Crippen LogP contribution in [0.15, 0.2) is 41.0 Å². The fourth-order valence-corrected chi connectivity index (χ4v) is 1.97. The van der Waals surface area contributed by atoms with Gasteiger partial charge in [0.2, 0.25) is 0 Å². The Morgan fingerprint density at radius 1 is 0.952 bits per heavy atom. The van der Waals surface area contributed by atoms with Crippen molar-refractivity contribution in [3.8, 4) is 5.75 Å². The van der Waals surface area contributed by atoms with Crippen molar-refractivity contribution in [2.45, 2.75) is 41.5 Å². The Hall–Kier alpha value is -0.206. The van der Waals surface area contributed by atoms with Gasteiger partial charge in [-0.25, -0.2) is 5.57 Å². The first-order valence-corrected chi connectivity index (χ1v) is 6.30. The summed E-state index contributed by atoms with van der Waals surface area (Å²) >= 11 is 0. The molecular weight excluding hydrogens is 339 g/mol. The van der Waals surface area contributed by atoms with Crippen LogP contribution in [0.5, 0.6) is 5.75 Å². The molecule has 0 spiro atoms. The monoisotopic (exact) mass is 363 g/mol. The molecule has 2 rings (SSSR count). The number of aromatic hydroxyl groups is 1. The first-order chi connectivity index (χ1) is 8.25. The van der Waals surface area contributed by atoms with Gasteiger partial charge in [0, 0.05) is 21.7 Å². The summed E-state index contributed by atoms with van der Waals surface area (Å²) in [5.41, 5.74) is 5.32. The van der Waals surface area contributed by atoms with Gasteiger partial charge in [-0.2, -0.15) is 11.1 Å². The van der Waals surface area contributed by atoms with Gasteiger partial charge in [-0.15, -0.1) is 31.7 Å². The van der Waals surface area contributed by atoms with Gasteiger partial charge in [0.1, 0.15) is 5.75 Å². The standard InChI is InChI=1S/C10H15.C7H8O.2ClH.Ti/c1-7-6-10(4,5)9(3)8(7)2;1-6-4-2-3-5-7(6)8;;;/h1-5H3;2-5,8H,1H3;2*1H;/q-1;;;;. The number of para-hydroxylation sites is 1. The molecule has 1 nitrogen and oxygen atoms in total. The number of aryl methyl sites for hydroxylation is 1. The van der Waals surface area contributed by atoms with Crippen molar-refractivity contribution in [3.63, 3.8) is 0 Å². The molecule has 1 aliphatic carbocycles. The average Bonchev–Trinajstić information content (AvgIpc) is 2.47. The number of rotatable bonds is 0. The van der Waals surface area contributed by atoms with Crippen LogP contribution >= 0.6 is 24.8 Å². The zero-order valence-corrected chi connectivity index (χ0v) is 16.8. The zero-order chi connectivity index (χ0) is 13.9. The minimum absolute atomic E-state index is 0. The molecule has 0 saturated heterocycles. The van der Waals surface area contributed by atoms with Gasteiger partial charge < -0.3 is 5.11 Å². The largest absolute Gasteiger partial charge is 0.508 e. The number of halogens is 2. The van der Waals surface area contributed by atoms with Crippen molar-refractivity contribution < 1.29 is 26.8 Å². The Morgan fingerprint density at radius 3 is 1.62 bits per heavy atom. The summed E-state index contributed by atoms with van der Waals surface area (Å²) in [7, 11) is 0. The molecule has 0 atom stereocenters. The predicted octanol–water partition coefficient (Wildman–Crippen LogP) is 5.65. The molecule has 0 heterocycles. The summed E-state index contributed by atoms with van der Waals surface area (Å²) < 4.78 is 0. The number of phenols is 1. The van der Waals surface area contributed by atoms with Gasteiger partial charge in [0.25, 0.3) is 0 Å². The van der Waals surface area contributed by atoms with Crippen LogP contribution in [-0.2, 0) is 21.7 Å². The van der Waals surface area contributed by atoms with Crippen LogP contribution < -0.4 is 0 Å². The maximum atomic E-state index is 8.92. The molecule has 0 aromatic heterocycles. The van der Waals surface area contributed by atoms with Crippen LogP contribution in [0.2, 0.25) is 0 Å².